The summed E-state index contributed by atoms with van der Waals surface area (Å²) in [6, 6.07) is 11.2. The van der Waals surface area contributed by atoms with Crippen LogP contribution in [0.2, 0.25) is 0 Å². The van der Waals surface area contributed by atoms with Gasteiger partial charge >= 0.3 is 0 Å². The summed E-state index contributed by atoms with van der Waals surface area (Å²) in [6.07, 6.45) is 5.86. The largest absolute Gasteiger partial charge is 0.383 e. The molecule has 2 saturated carbocycles. The Balaban J connectivity index is 1.50. The number of nitriles is 2. The van der Waals surface area contributed by atoms with Crippen LogP contribution in [0.5, 0.6) is 0 Å². The standard InChI is InChI=1S/C31H32FN9/c1-17-23(9-10-25(32)37-17)28(29-30(18-5-6-18)41(40-39-29)22-7-8-22)38-21-11-19(13-33)26-24(12-21)27(20(14-34)15-35-26)36-16-31(2,3)4/h9-12,15,18,22,28,38H,5-8,16H2,1-4H3,(H,35,36)/t28-/m0/s1. The number of aromatic nitrogens is 5. The highest BCUT2D eigenvalue weighted by atomic mass is 19.1. The molecular weight excluding hydrogens is 517 g/mol. The normalized spacial score (nSPS) is 15.8. The zero-order valence-electron chi connectivity index (χ0n) is 23.7. The molecule has 0 unspecified atom stereocenters. The van der Waals surface area contributed by atoms with Crippen LogP contribution in [0.4, 0.5) is 15.8 Å². The molecule has 1 aromatic carbocycles. The van der Waals surface area contributed by atoms with Crippen LogP contribution in [-0.2, 0) is 0 Å². The van der Waals surface area contributed by atoms with Crippen LogP contribution >= 0.6 is 0 Å². The predicted octanol–water partition coefficient (Wildman–Crippen LogP) is 6.28. The summed E-state index contributed by atoms with van der Waals surface area (Å²) in [7, 11) is 0. The maximum absolute atomic E-state index is 14.1. The summed E-state index contributed by atoms with van der Waals surface area (Å²) in [4.78, 5) is 8.58. The molecular formula is C31H32FN9. The molecule has 0 amide bonds. The van der Waals surface area contributed by atoms with Crippen LogP contribution in [0.3, 0.4) is 0 Å². The lowest BCUT2D eigenvalue weighted by atomic mass is 9.96. The summed E-state index contributed by atoms with van der Waals surface area (Å²) >= 11 is 0. The van der Waals surface area contributed by atoms with Crippen LogP contribution in [0.15, 0.2) is 30.5 Å². The van der Waals surface area contributed by atoms with Crippen LogP contribution in [0, 0.1) is 40.9 Å². The van der Waals surface area contributed by atoms with Crippen molar-refractivity contribution in [3.63, 3.8) is 0 Å². The van der Waals surface area contributed by atoms with E-state index in [1.165, 1.54) is 12.3 Å². The molecule has 6 rings (SSSR count). The van der Waals surface area contributed by atoms with Gasteiger partial charge in [0.2, 0.25) is 5.95 Å². The highest BCUT2D eigenvalue weighted by molar-refractivity contribution is 5.99. The number of aryl methyl sites for hydroxylation is 1. The van der Waals surface area contributed by atoms with Gasteiger partial charge in [0.15, 0.2) is 0 Å². The molecule has 0 bridgehead atoms. The molecule has 2 aliphatic carbocycles. The second-order valence-corrected chi connectivity index (χ2v) is 12.3. The Morgan fingerprint density at radius 2 is 1.85 bits per heavy atom. The Hall–Kier alpha value is -4.57. The summed E-state index contributed by atoms with van der Waals surface area (Å²) in [6.45, 7) is 8.74. The van der Waals surface area contributed by atoms with Gasteiger partial charge in [0, 0.05) is 41.0 Å². The van der Waals surface area contributed by atoms with Crippen LogP contribution in [-0.4, -0.2) is 31.5 Å². The number of fused-ring (bicyclic) bond motifs is 1. The van der Waals surface area contributed by atoms with Gasteiger partial charge in [0.05, 0.1) is 40.1 Å². The third-order valence-electron chi connectivity index (χ3n) is 7.61. The van der Waals surface area contributed by atoms with E-state index in [-0.39, 0.29) is 5.41 Å². The molecule has 41 heavy (non-hydrogen) atoms. The molecule has 2 fully saturated rings. The van der Waals surface area contributed by atoms with Crippen LogP contribution in [0.25, 0.3) is 10.9 Å². The van der Waals surface area contributed by atoms with Gasteiger partial charge in [0.25, 0.3) is 0 Å². The van der Waals surface area contributed by atoms with Gasteiger partial charge < -0.3 is 10.6 Å². The van der Waals surface area contributed by atoms with Crippen molar-refractivity contribution >= 4 is 22.3 Å². The molecule has 2 N–H and O–H groups in total. The Labute approximate surface area is 238 Å². The Morgan fingerprint density at radius 1 is 1.10 bits per heavy atom. The number of nitrogens with one attached hydrogen (secondary N) is 2. The average molecular weight is 550 g/mol. The molecule has 10 heteroatoms. The smallest absolute Gasteiger partial charge is 0.213 e. The fourth-order valence-electron chi connectivity index (χ4n) is 5.27. The molecule has 3 heterocycles. The summed E-state index contributed by atoms with van der Waals surface area (Å²) in [5.41, 5.74) is 5.80. The van der Waals surface area contributed by atoms with Gasteiger partial charge in [-0.05, 0) is 56.2 Å². The molecule has 4 aromatic rings. The fraction of sp³-hybridized carbons (Fsp3) is 0.419. The van der Waals surface area contributed by atoms with Crippen molar-refractivity contribution in [1.29, 1.82) is 10.5 Å². The second-order valence-electron chi connectivity index (χ2n) is 12.3. The van der Waals surface area contributed by atoms with E-state index in [0.717, 1.165) is 42.6 Å². The molecule has 0 radical (unpaired) electrons. The van der Waals surface area contributed by atoms with Crippen molar-refractivity contribution in [3.8, 4) is 12.1 Å². The number of rotatable bonds is 8. The highest BCUT2D eigenvalue weighted by Crippen LogP contribution is 2.48. The second kappa shape index (κ2) is 10.1. The maximum Gasteiger partial charge on any atom is 0.213 e. The van der Waals surface area contributed by atoms with E-state index in [9.17, 15) is 14.9 Å². The van der Waals surface area contributed by atoms with Gasteiger partial charge in [-0.15, -0.1) is 5.10 Å². The molecule has 1 atom stereocenters. The van der Waals surface area contributed by atoms with Gasteiger partial charge in [-0.25, -0.2) is 9.67 Å². The quantitative estimate of drug-likeness (QED) is 0.246. The number of nitrogens with zero attached hydrogens (tertiary/aromatic N) is 7. The van der Waals surface area contributed by atoms with Gasteiger partial charge in [-0.3, -0.25) is 4.98 Å². The van der Waals surface area contributed by atoms with Crippen molar-refractivity contribution in [2.24, 2.45) is 5.41 Å². The summed E-state index contributed by atoms with van der Waals surface area (Å²) < 4.78 is 16.2. The first-order chi connectivity index (χ1) is 19.7. The van der Waals surface area contributed by atoms with Crippen molar-refractivity contribution in [1.82, 2.24) is 25.0 Å². The van der Waals surface area contributed by atoms with Gasteiger partial charge in [-0.2, -0.15) is 14.9 Å². The number of pyridine rings is 2. The zero-order chi connectivity index (χ0) is 28.9. The Morgan fingerprint density at radius 3 is 2.49 bits per heavy atom. The number of hydrogen-bond acceptors (Lipinski definition) is 8. The fourth-order valence-corrected chi connectivity index (χ4v) is 5.27. The first-order valence-electron chi connectivity index (χ1n) is 14.0. The van der Waals surface area contributed by atoms with E-state index < -0.39 is 12.0 Å². The predicted molar refractivity (Wildman–Crippen MR) is 154 cm³/mol. The number of hydrogen-bond donors (Lipinski definition) is 2. The van der Waals surface area contributed by atoms with E-state index in [1.54, 1.807) is 19.1 Å². The zero-order valence-corrected chi connectivity index (χ0v) is 23.7. The summed E-state index contributed by atoms with van der Waals surface area (Å²) in [5, 5.41) is 36.9. The topological polar surface area (TPSA) is 128 Å². The monoisotopic (exact) mass is 549 g/mol. The minimum Gasteiger partial charge on any atom is -0.383 e. The number of benzene rings is 1. The first kappa shape index (κ1) is 26.6. The first-order valence-corrected chi connectivity index (χ1v) is 14.0. The summed E-state index contributed by atoms with van der Waals surface area (Å²) in [5.74, 6) is -0.156. The van der Waals surface area contributed by atoms with Crippen molar-refractivity contribution in [2.45, 2.75) is 71.4 Å². The van der Waals surface area contributed by atoms with Gasteiger partial charge in [-0.1, -0.05) is 32.1 Å². The van der Waals surface area contributed by atoms with Crippen LogP contribution in [0.1, 0.15) is 98.2 Å². The highest BCUT2D eigenvalue weighted by Gasteiger charge is 2.39. The molecule has 9 nitrogen and oxygen atoms in total. The van der Waals surface area contributed by atoms with E-state index in [0.29, 0.717) is 57.6 Å². The minimum absolute atomic E-state index is 0.0406. The Kier molecular flexibility index (Phi) is 6.57. The Bertz CT molecular complexity index is 1730. The van der Waals surface area contributed by atoms with Crippen molar-refractivity contribution in [2.75, 3.05) is 17.2 Å². The molecule has 2 aliphatic rings. The van der Waals surface area contributed by atoms with Gasteiger partial charge in [0.1, 0.15) is 17.8 Å². The minimum atomic E-state index is -0.545. The lowest BCUT2D eigenvalue weighted by Gasteiger charge is -2.23. The lowest BCUT2D eigenvalue weighted by Crippen LogP contribution is -2.20. The lowest BCUT2D eigenvalue weighted by molar-refractivity contribution is 0.443. The molecule has 0 aliphatic heterocycles. The van der Waals surface area contributed by atoms with Crippen LogP contribution < -0.4 is 10.6 Å². The number of halogens is 1. The van der Waals surface area contributed by atoms with E-state index >= 15 is 0 Å². The average Bonchev–Trinajstić information content (AvgIpc) is 3.88. The van der Waals surface area contributed by atoms with E-state index in [2.05, 4.69) is 68.5 Å². The maximum atomic E-state index is 14.1. The SMILES string of the molecule is Cc1nc(F)ccc1[C@H](Nc1cc(C#N)c2ncc(C#N)c(NCC(C)(C)C)c2c1)c1nnn(C2CC2)c1C1CC1. The molecule has 0 spiro atoms. The van der Waals surface area contributed by atoms with E-state index in [4.69, 9.17) is 0 Å². The van der Waals surface area contributed by atoms with E-state index in [1.807, 2.05) is 6.07 Å². The molecule has 0 saturated heterocycles. The number of anilines is 2. The third kappa shape index (κ3) is 5.30. The molecule has 208 valence electrons. The van der Waals surface area contributed by atoms with Crippen molar-refractivity contribution in [3.05, 3.63) is 70.2 Å². The third-order valence-corrected chi connectivity index (χ3v) is 7.61. The molecule has 3 aromatic heterocycles. The van der Waals surface area contributed by atoms with Crippen molar-refractivity contribution < 1.29 is 4.39 Å².